The van der Waals surface area contributed by atoms with Crippen LogP contribution in [-0.2, 0) is 66.8 Å². The number of ether oxygens (including phenoxy) is 5. The molecule has 6 amide bonds. The molecule has 0 aromatic heterocycles. The number of carbonyl (C=O) groups excluding carboxylic acids is 11. The number of carboxylic acids is 1. The number of carbonyl (C=O) groups is 12. The minimum absolute atomic E-state index is 0. The van der Waals surface area contributed by atoms with Crippen LogP contribution in [0.25, 0.3) is 0 Å². The summed E-state index contributed by atoms with van der Waals surface area (Å²) in [6.07, 6.45) is 89.6. The summed E-state index contributed by atoms with van der Waals surface area (Å²) in [6.45, 7) is 13.4. The molecule has 0 fully saturated rings. The molecular formula is C115H164N6O23. The van der Waals surface area contributed by atoms with Crippen LogP contribution in [0, 0.1) is 0 Å². The molecule has 3 aromatic carbocycles. The number of phenols is 3. The predicted molar refractivity (Wildman–Crippen MR) is 574 cm³/mol. The molecule has 0 aliphatic carbocycles. The average Bonchev–Trinajstić information content (AvgIpc) is 0.846. The molecule has 0 saturated carbocycles. The number of esters is 5. The van der Waals surface area contributed by atoms with E-state index < -0.39 is 127 Å². The van der Waals surface area contributed by atoms with E-state index in [0.29, 0.717) is 19.3 Å². The molecule has 0 spiro atoms. The molecule has 3 aromatic rings. The van der Waals surface area contributed by atoms with E-state index in [0.717, 1.165) is 123 Å². The number of amides is 6. The fraction of sp³-hybridized carbons (Fsp3) is 0.426. The van der Waals surface area contributed by atoms with Crippen LogP contribution in [0.1, 0.15) is 270 Å². The first kappa shape index (κ1) is 134. The number of hydrogen-bond acceptors (Lipinski definition) is 22. The van der Waals surface area contributed by atoms with Gasteiger partial charge in [0.1, 0.15) is 59.8 Å². The Bertz CT molecular complexity index is 4780. The molecule has 144 heavy (non-hydrogen) atoms. The van der Waals surface area contributed by atoms with Crippen molar-refractivity contribution in [3.05, 3.63) is 308 Å². The Kier molecular flexibility index (Phi) is 81.9. The van der Waals surface area contributed by atoms with Crippen LogP contribution in [0.4, 0.5) is 0 Å². The highest BCUT2D eigenvalue weighted by Gasteiger charge is 2.37. The smallest absolute Gasteiger partial charge is 0.332 e. The fourth-order valence-electron chi connectivity index (χ4n) is 12.0. The maximum absolute atomic E-state index is 12.8. The van der Waals surface area contributed by atoms with Crippen molar-refractivity contribution in [1.29, 1.82) is 0 Å². The van der Waals surface area contributed by atoms with Crippen LogP contribution < -0.4 is 31.9 Å². The Balaban J connectivity index is -0.00000205. The van der Waals surface area contributed by atoms with Crippen molar-refractivity contribution in [2.45, 2.75) is 299 Å². The Morgan fingerprint density at radius 3 is 0.688 bits per heavy atom. The molecular weight excluding hydrogens is 1830 g/mol. The Hall–Kier alpha value is -14.1. The third kappa shape index (κ3) is 66.6. The third-order valence-corrected chi connectivity index (χ3v) is 19.9. The Labute approximate surface area is 855 Å². The number of aromatic hydroxyl groups is 3. The highest BCUT2D eigenvalue weighted by atomic mass is 16.6. The SMILES string of the molecule is C.C.C.CC/C=C\C/C=C\C/C=C\C/C=C\C/C=C\C/C=C\CCC(=O)NC(C)C(=O)OC(C)C(NC(=O)c1ccccc1O)C(=O)O.CC/C=C\C/C=C\C/C=C\C/C=C\C/C=C\C/C=C\CCC(=O)NC(C)C(=O)OC(C)C(NC(=O)c1ccccc1O)C(=O)OC.CC/C=C\C/C=C\C/C=C\C/C=C\C/C=C\C/C=C\CCC(=O)NC(C)C(=O)OC(C)C(NC(=O)c1ccccc1O)C(=O)OC(CO)CO. The van der Waals surface area contributed by atoms with Gasteiger partial charge in [-0.3, -0.25) is 28.8 Å². The largest absolute Gasteiger partial charge is 0.507 e. The Morgan fingerprint density at radius 1 is 0.278 bits per heavy atom. The second kappa shape index (κ2) is 87.9. The number of rotatable bonds is 66. The molecule has 9 atom stereocenters. The van der Waals surface area contributed by atoms with Gasteiger partial charge >= 0.3 is 35.8 Å². The van der Waals surface area contributed by atoms with Gasteiger partial charge in [0.05, 0.1) is 37.0 Å². The zero-order chi connectivity index (χ0) is 104. The summed E-state index contributed by atoms with van der Waals surface area (Å²) < 4.78 is 25.7. The molecule has 9 unspecified atom stereocenters. The molecule has 29 nitrogen and oxygen atoms in total. The highest BCUT2D eigenvalue weighted by molar-refractivity contribution is 6.01. The lowest BCUT2D eigenvalue weighted by Crippen LogP contribution is -2.52. The number of aliphatic hydroxyl groups excluding tert-OH is 2. The summed E-state index contributed by atoms with van der Waals surface area (Å²) in [6, 6.07) is 9.55. The number of aliphatic carboxylic acids is 1. The van der Waals surface area contributed by atoms with E-state index >= 15 is 0 Å². The van der Waals surface area contributed by atoms with Gasteiger partial charge in [-0.15, -0.1) is 0 Å². The van der Waals surface area contributed by atoms with Gasteiger partial charge in [0.15, 0.2) is 18.1 Å². The molecule has 0 aliphatic rings. The number of methoxy groups -OCH3 is 1. The monoisotopic (exact) mass is 2000 g/mol. The maximum atomic E-state index is 12.8. The van der Waals surface area contributed by atoms with Gasteiger partial charge in [-0.2, -0.15) is 0 Å². The van der Waals surface area contributed by atoms with Crippen molar-refractivity contribution in [2.24, 2.45) is 0 Å². The lowest BCUT2D eigenvalue weighted by Gasteiger charge is -2.26. The second-order valence-electron chi connectivity index (χ2n) is 31.8. The van der Waals surface area contributed by atoms with Crippen molar-refractivity contribution in [3.8, 4) is 17.2 Å². The topological polar surface area (TPSA) is 445 Å². The number of allylic oxidation sites excluding steroid dienone is 36. The molecule has 0 aliphatic heterocycles. The van der Waals surface area contributed by atoms with Crippen molar-refractivity contribution in [1.82, 2.24) is 31.9 Å². The van der Waals surface area contributed by atoms with Crippen LogP contribution >= 0.6 is 0 Å². The summed E-state index contributed by atoms with van der Waals surface area (Å²) in [5.74, 6) is -10.2. The van der Waals surface area contributed by atoms with Crippen LogP contribution in [0.15, 0.2) is 292 Å². The van der Waals surface area contributed by atoms with Crippen molar-refractivity contribution >= 4 is 71.3 Å². The third-order valence-electron chi connectivity index (χ3n) is 19.9. The fourth-order valence-corrected chi connectivity index (χ4v) is 12.0. The summed E-state index contributed by atoms with van der Waals surface area (Å²) in [5.41, 5.74) is -0.311. The van der Waals surface area contributed by atoms with Gasteiger partial charge in [-0.25, -0.2) is 28.8 Å². The second-order valence-corrected chi connectivity index (χ2v) is 31.8. The number of nitrogens with one attached hydrogen (secondary N) is 6. The molecule has 0 radical (unpaired) electrons. The summed E-state index contributed by atoms with van der Waals surface area (Å²) in [4.78, 5) is 149. The average molecular weight is 2000 g/mol. The van der Waals surface area contributed by atoms with E-state index in [1.807, 2.05) is 36.5 Å². The van der Waals surface area contributed by atoms with Gasteiger partial charge in [-0.1, -0.05) is 298 Å². The number of aliphatic hydroxyl groups is 2. The summed E-state index contributed by atoms with van der Waals surface area (Å²) >= 11 is 0. The maximum Gasteiger partial charge on any atom is 0.332 e. The van der Waals surface area contributed by atoms with Crippen molar-refractivity contribution in [3.63, 3.8) is 0 Å². The van der Waals surface area contributed by atoms with Crippen LogP contribution in [0.2, 0.25) is 0 Å². The van der Waals surface area contributed by atoms with Gasteiger partial charge in [0.2, 0.25) is 17.7 Å². The predicted octanol–water partition coefficient (Wildman–Crippen LogP) is 20.3. The van der Waals surface area contributed by atoms with E-state index in [4.69, 9.17) is 23.7 Å². The van der Waals surface area contributed by atoms with E-state index in [-0.39, 0.29) is 93.2 Å². The highest BCUT2D eigenvalue weighted by Crippen LogP contribution is 2.21. The first-order valence-electron chi connectivity index (χ1n) is 48.2. The molecule has 12 N–H and O–H groups in total. The van der Waals surface area contributed by atoms with Gasteiger partial charge in [0, 0.05) is 19.3 Å². The molecule has 3 rings (SSSR count). The molecule has 0 bridgehead atoms. The Morgan fingerprint density at radius 2 is 0.479 bits per heavy atom. The van der Waals surface area contributed by atoms with Gasteiger partial charge < -0.3 is 86.2 Å². The van der Waals surface area contributed by atoms with Crippen molar-refractivity contribution < 1.29 is 112 Å². The van der Waals surface area contributed by atoms with E-state index in [1.54, 1.807) is 12.1 Å². The standard InChI is InChI=1S/C39H54N2O9.C37H50N2O7.C36H48N2O7.3CH4/c1-4-5-6-7-8-9-10-11-12-13-14-15-16-17-18-19-20-21-22-27-35(45)40-30(2)38(47)49-31(3)36(39(48)50-32(28-42)29-43)41-37(46)33-25-23-24-26-34(33)44;1-5-6-7-8-9-10-11-12-13-14-15-16-17-18-19-20-21-22-23-28-33(41)38-29(2)36(43)46-30(3)34(37(44)45-4)39-35(42)31-26-24-25-27-32(31)40;1-4-5-6-7-8-9-10-11-12-13-14-15-16-17-18-19-20-21-22-27-32(40)37-28(2)36(44)45-29(3)33(35(42)43)38-34(41)30-25-23-24-26-31(30)39;;;/h5-6,8-9,11-12,14-15,17-18,20-21,23-26,30-32,36,42-44H,4,7,10,13,16,19,22,27-29H2,1-3H3,(H,40,45)(H,41,46);6-7,9-10,12-13,15-16,18-19,21-22,24-27,29-30,34,40H,5,8,11,14,17,20,23,28H2,1-4H3,(H,38,41)(H,39,42);5-6,8-9,11-12,14-15,17-18,20-21,23-26,28-29,33,39H,4,7,10,13,16,19,22,27H2,1-3H3,(H,37,40)(H,38,41)(H,42,43);3*1H4/b6-5-,9-8-,12-11-,15-14-,18-17-,21-20-;7-6-,10-9-,13-12-,16-15-,19-18-,22-21-;6-5-,9-8-,12-11-,15-14-,18-17-,21-20-;;;. The normalized spacial score (nSPS) is 13.7. The quantitative estimate of drug-likeness (QED) is 0.0142. The molecule has 792 valence electrons. The molecule has 29 heteroatoms. The number of phenolic OH excluding ortho intramolecular Hbond substituents is 3. The number of carboxylic acid groups (broad SMARTS) is 1. The van der Waals surface area contributed by atoms with E-state index in [9.17, 15) is 88.2 Å². The summed E-state index contributed by atoms with van der Waals surface area (Å²) in [7, 11) is 1.14. The number of benzene rings is 3. The number of hydrogen-bond donors (Lipinski definition) is 12. The summed E-state index contributed by atoms with van der Waals surface area (Å²) in [5, 5.41) is 72.6. The lowest BCUT2D eigenvalue weighted by molar-refractivity contribution is -0.165. The zero-order valence-electron chi connectivity index (χ0n) is 83.5. The molecule has 0 saturated heterocycles. The minimum atomic E-state index is -1.57. The first-order valence-corrected chi connectivity index (χ1v) is 48.2. The lowest BCUT2D eigenvalue weighted by atomic mass is 10.1. The number of para-hydroxylation sites is 3. The molecule has 0 heterocycles. The van der Waals surface area contributed by atoms with E-state index in [1.165, 1.54) is 102 Å². The minimum Gasteiger partial charge on any atom is -0.507 e. The van der Waals surface area contributed by atoms with Gasteiger partial charge in [0.25, 0.3) is 17.7 Å². The van der Waals surface area contributed by atoms with Crippen LogP contribution in [-0.4, -0.2) is 183 Å². The van der Waals surface area contributed by atoms with Crippen LogP contribution in [0.5, 0.6) is 17.2 Å². The first-order chi connectivity index (χ1) is 68.0. The van der Waals surface area contributed by atoms with E-state index in [2.05, 4.69) is 235 Å². The van der Waals surface area contributed by atoms with Gasteiger partial charge in [-0.05, 0) is 213 Å². The van der Waals surface area contributed by atoms with Crippen LogP contribution in [0.3, 0.4) is 0 Å². The van der Waals surface area contributed by atoms with Crippen molar-refractivity contribution in [2.75, 3.05) is 20.3 Å². The zero-order valence-corrected chi connectivity index (χ0v) is 83.5.